The Labute approximate surface area is 118 Å². The van der Waals surface area contributed by atoms with Crippen molar-refractivity contribution < 1.29 is 13.9 Å². The molecule has 0 aliphatic carbocycles. The van der Waals surface area contributed by atoms with Crippen molar-refractivity contribution in [3.05, 3.63) is 59.4 Å². The van der Waals surface area contributed by atoms with E-state index in [1.54, 1.807) is 26.4 Å². The van der Waals surface area contributed by atoms with Crippen molar-refractivity contribution in [1.82, 2.24) is 5.32 Å². The summed E-state index contributed by atoms with van der Waals surface area (Å²) in [6, 6.07) is 12.0. The lowest BCUT2D eigenvalue weighted by atomic mass is 9.97. The number of halogens is 1. The Bertz CT molecular complexity index is 569. The fraction of sp³-hybridized carbons (Fsp3) is 0.250. The number of hydrogen-bond acceptors (Lipinski definition) is 3. The van der Waals surface area contributed by atoms with Crippen molar-refractivity contribution in [3.63, 3.8) is 0 Å². The third-order valence-electron chi connectivity index (χ3n) is 3.24. The normalized spacial score (nSPS) is 12.0. The Morgan fingerprint density at radius 2 is 1.70 bits per heavy atom. The van der Waals surface area contributed by atoms with Gasteiger partial charge in [-0.25, -0.2) is 4.39 Å². The molecule has 0 fully saturated rings. The Kier molecular flexibility index (Phi) is 4.58. The van der Waals surface area contributed by atoms with Crippen LogP contribution >= 0.6 is 0 Å². The van der Waals surface area contributed by atoms with Crippen LogP contribution in [0.15, 0.2) is 42.5 Å². The number of benzene rings is 2. The van der Waals surface area contributed by atoms with Gasteiger partial charge in [0.2, 0.25) is 0 Å². The molecule has 1 atom stereocenters. The van der Waals surface area contributed by atoms with Crippen LogP contribution in [-0.4, -0.2) is 21.3 Å². The highest BCUT2D eigenvalue weighted by Crippen LogP contribution is 2.36. The van der Waals surface area contributed by atoms with Gasteiger partial charge < -0.3 is 14.8 Å². The van der Waals surface area contributed by atoms with Crippen molar-refractivity contribution in [2.45, 2.75) is 6.04 Å². The highest BCUT2D eigenvalue weighted by molar-refractivity contribution is 5.50. The van der Waals surface area contributed by atoms with Gasteiger partial charge in [0.15, 0.2) is 11.5 Å². The summed E-state index contributed by atoms with van der Waals surface area (Å²) in [6.45, 7) is 0. The summed E-state index contributed by atoms with van der Waals surface area (Å²) < 4.78 is 23.8. The summed E-state index contributed by atoms with van der Waals surface area (Å²) in [5.74, 6) is 1.10. The van der Waals surface area contributed by atoms with E-state index >= 15 is 0 Å². The molecule has 0 radical (unpaired) electrons. The van der Waals surface area contributed by atoms with Gasteiger partial charge in [0.1, 0.15) is 5.82 Å². The second-order valence-corrected chi connectivity index (χ2v) is 4.36. The van der Waals surface area contributed by atoms with Gasteiger partial charge in [-0.3, -0.25) is 0 Å². The Balaban J connectivity index is 2.49. The second kappa shape index (κ2) is 6.39. The molecule has 4 heteroatoms. The Hall–Kier alpha value is -2.07. The van der Waals surface area contributed by atoms with Crippen LogP contribution in [0.5, 0.6) is 11.5 Å². The van der Waals surface area contributed by atoms with Gasteiger partial charge >= 0.3 is 0 Å². The average molecular weight is 275 g/mol. The molecule has 2 rings (SSSR count). The minimum Gasteiger partial charge on any atom is -0.493 e. The Morgan fingerprint density at radius 3 is 2.25 bits per heavy atom. The SMILES string of the molecule is CNC(c1ccc(F)cc1)c1cccc(OC)c1OC. The lowest BCUT2D eigenvalue weighted by Gasteiger charge is -2.21. The van der Waals surface area contributed by atoms with Crippen LogP contribution < -0.4 is 14.8 Å². The van der Waals surface area contributed by atoms with E-state index in [-0.39, 0.29) is 11.9 Å². The predicted octanol–water partition coefficient (Wildman–Crippen LogP) is 3.15. The summed E-state index contributed by atoms with van der Waals surface area (Å²) in [4.78, 5) is 0. The van der Waals surface area contributed by atoms with E-state index < -0.39 is 0 Å². The molecular weight excluding hydrogens is 257 g/mol. The maximum absolute atomic E-state index is 13.1. The van der Waals surface area contributed by atoms with Gasteiger partial charge in [0, 0.05) is 5.56 Å². The van der Waals surface area contributed by atoms with Crippen molar-refractivity contribution in [2.24, 2.45) is 0 Å². The summed E-state index contributed by atoms with van der Waals surface area (Å²) >= 11 is 0. The monoisotopic (exact) mass is 275 g/mol. The second-order valence-electron chi connectivity index (χ2n) is 4.36. The van der Waals surface area contributed by atoms with E-state index in [9.17, 15) is 4.39 Å². The van der Waals surface area contributed by atoms with Gasteiger partial charge in [-0.05, 0) is 30.8 Å². The van der Waals surface area contributed by atoms with Gasteiger partial charge in [-0.15, -0.1) is 0 Å². The molecule has 0 aromatic heterocycles. The fourth-order valence-electron chi connectivity index (χ4n) is 2.30. The zero-order valence-corrected chi connectivity index (χ0v) is 11.8. The largest absolute Gasteiger partial charge is 0.493 e. The molecule has 1 unspecified atom stereocenters. The molecule has 106 valence electrons. The fourth-order valence-corrected chi connectivity index (χ4v) is 2.30. The van der Waals surface area contributed by atoms with E-state index in [2.05, 4.69) is 5.32 Å². The number of nitrogens with one attached hydrogen (secondary N) is 1. The zero-order valence-electron chi connectivity index (χ0n) is 11.8. The van der Waals surface area contributed by atoms with Crippen LogP contribution in [0.25, 0.3) is 0 Å². The molecule has 0 spiro atoms. The quantitative estimate of drug-likeness (QED) is 0.909. The molecule has 0 aliphatic rings. The first-order valence-electron chi connectivity index (χ1n) is 6.35. The minimum atomic E-state index is -0.249. The molecule has 1 N–H and O–H groups in total. The standard InChI is InChI=1S/C16H18FNO2/c1-18-15(11-7-9-12(17)10-8-11)13-5-4-6-14(19-2)16(13)20-3/h4-10,15,18H,1-3H3. The maximum atomic E-state index is 13.1. The van der Waals surface area contributed by atoms with Crippen molar-refractivity contribution >= 4 is 0 Å². The first-order chi connectivity index (χ1) is 9.71. The maximum Gasteiger partial charge on any atom is 0.165 e. The molecule has 0 aliphatic heterocycles. The smallest absolute Gasteiger partial charge is 0.165 e. The van der Waals surface area contributed by atoms with Crippen molar-refractivity contribution in [2.75, 3.05) is 21.3 Å². The van der Waals surface area contributed by atoms with E-state index in [1.807, 2.05) is 25.2 Å². The minimum absolute atomic E-state index is 0.0966. The summed E-state index contributed by atoms with van der Waals surface area (Å²) in [5, 5.41) is 3.22. The number of para-hydroxylation sites is 1. The van der Waals surface area contributed by atoms with Gasteiger partial charge in [-0.2, -0.15) is 0 Å². The van der Waals surface area contributed by atoms with E-state index in [4.69, 9.17) is 9.47 Å². The highest BCUT2D eigenvalue weighted by atomic mass is 19.1. The highest BCUT2D eigenvalue weighted by Gasteiger charge is 2.19. The predicted molar refractivity (Wildman–Crippen MR) is 76.8 cm³/mol. The summed E-state index contributed by atoms with van der Waals surface area (Å²) in [5.41, 5.74) is 1.90. The van der Waals surface area contributed by atoms with Gasteiger partial charge in [0.25, 0.3) is 0 Å². The third-order valence-corrected chi connectivity index (χ3v) is 3.24. The topological polar surface area (TPSA) is 30.5 Å². The van der Waals surface area contributed by atoms with Crippen LogP contribution in [0.1, 0.15) is 17.2 Å². The lowest BCUT2D eigenvalue weighted by molar-refractivity contribution is 0.349. The Morgan fingerprint density at radius 1 is 1.00 bits per heavy atom. The van der Waals surface area contributed by atoms with Crippen LogP contribution in [0.3, 0.4) is 0 Å². The molecule has 0 bridgehead atoms. The molecule has 2 aromatic carbocycles. The summed E-state index contributed by atoms with van der Waals surface area (Å²) in [7, 11) is 5.07. The number of rotatable bonds is 5. The molecule has 0 heterocycles. The van der Waals surface area contributed by atoms with E-state index in [1.165, 1.54) is 12.1 Å². The molecule has 0 saturated carbocycles. The van der Waals surface area contributed by atoms with Crippen molar-refractivity contribution in [1.29, 1.82) is 0 Å². The molecular formula is C16H18FNO2. The molecule has 3 nitrogen and oxygen atoms in total. The lowest BCUT2D eigenvalue weighted by Crippen LogP contribution is -2.18. The molecule has 0 saturated heterocycles. The van der Waals surface area contributed by atoms with Crippen LogP contribution in [0.2, 0.25) is 0 Å². The first-order valence-corrected chi connectivity index (χ1v) is 6.35. The third kappa shape index (κ3) is 2.75. The van der Waals surface area contributed by atoms with Gasteiger partial charge in [-0.1, -0.05) is 24.3 Å². The molecule has 0 amide bonds. The van der Waals surface area contributed by atoms with Gasteiger partial charge in [0.05, 0.1) is 20.3 Å². The van der Waals surface area contributed by atoms with Crippen LogP contribution in [0, 0.1) is 5.82 Å². The van der Waals surface area contributed by atoms with Crippen molar-refractivity contribution in [3.8, 4) is 11.5 Å². The van der Waals surface area contributed by atoms with E-state index in [0.29, 0.717) is 11.5 Å². The first kappa shape index (κ1) is 14.3. The van der Waals surface area contributed by atoms with E-state index in [0.717, 1.165) is 11.1 Å². The number of ether oxygens (including phenoxy) is 2. The van der Waals surface area contributed by atoms with Crippen LogP contribution in [0.4, 0.5) is 4.39 Å². The number of hydrogen-bond donors (Lipinski definition) is 1. The molecule has 20 heavy (non-hydrogen) atoms. The summed E-state index contributed by atoms with van der Waals surface area (Å²) in [6.07, 6.45) is 0. The zero-order chi connectivity index (χ0) is 14.5. The number of methoxy groups -OCH3 is 2. The average Bonchev–Trinajstić information content (AvgIpc) is 2.49. The molecule has 2 aromatic rings. The van der Waals surface area contributed by atoms with Crippen LogP contribution in [-0.2, 0) is 0 Å².